The molecule has 0 aliphatic heterocycles. The van der Waals surface area contributed by atoms with Crippen molar-refractivity contribution >= 4 is 21.6 Å². The highest BCUT2D eigenvalue weighted by Crippen LogP contribution is 2.18. The molecule has 3 aromatic carbocycles. The van der Waals surface area contributed by atoms with Gasteiger partial charge >= 0.3 is 0 Å². The summed E-state index contributed by atoms with van der Waals surface area (Å²) in [7, 11) is -3.75. The molecule has 0 unspecified atom stereocenters. The van der Waals surface area contributed by atoms with Crippen molar-refractivity contribution in [3.63, 3.8) is 0 Å². The van der Waals surface area contributed by atoms with Gasteiger partial charge in [-0.2, -0.15) is 0 Å². The fraction of sp³-hybridized carbons (Fsp3) is 0.0833. The Morgan fingerprint density at radius 3 is 2.38 bits per heavy atom. The summed E-state index contributed by atoms with van der Waals surface area (Å²) in [5.74, 6) is -0.291. The highest BCUT2D eigenvalue weighted by molar-refractivity contribution is 7.92. The predicted molar refractivity (Wildman–Crippen MR) is 123 cm³/mol. The van der Waals surface area contributed by atoms with E-state index in [1.54, 1.807) is 24.7 Å². The van der Waals surface area contributed by atoms with Crippen LogP contribution in [-0.2, 0) is 16.6 Å². The van der Waals surface area contributed by atoms with Crippen molar-refractivity contribution in [2.24, 2.45) is 0 Å². The number of amides is 1. The second-order valence-electron chi connectivity index (χ2n) is 7.28. The third-order valence-electron chi connectivity index (χ3n) is 4.94. The maximum atomic E-state index is 12.6. The molecule has 4 aromatic rings. The van der Waals surface area contributed by atoms with Crippen molar-refractivity contribution in [1.82, 2.24) is 14.9 Å². The number of carbonyl (C=O) groups excluding carboxylic acids is 1. The van der Waals surface area contributed by atoms with Crippen molar-refractivity contribution in [3.05, 3.63) is 108 Å². The van der Waals surface area contributed by atoms with E-state index < -0.39 is 10.0 Å². The first-order valence-corrected chi connectivity index (χ1v) is 11.4. The number of nitrogens with one attached hydrogen (secondary N) is 2. The molecule has 2 N–H and O–H groups in total. The molecule has 1 amide bonds. The molecule has 1 heterocycles. The molecule has 0 saturated heterocycles. The Hall–Kier alpha value is -3.91. The van der Waals surface area contributed by atoms with Crippen LogP contribution >= 0.6 is 0 Å². The zero-order valence-corrected chi connectivity index (χ0v) is 18.2. The lowest BCUT2D eigenvalue weighted by molar-refractivity contribution is 0.0951. The fourth-order valence-electron chi connectivity index (χ4n) is 3.21. The van der Waals surface area contributed by atoms with Gasteiger partial charge in [0.15, 0.2) is 0 Å². The van der Waals surface area contributed by atoms with Crippen molar-refractivity contribution < 1.29 is 13.2 Å². The molecule has 8 heteroatoms. The molecule has 7 nitrogen and oxygen atoms in total. The lowest BCUT2D eigenvalue weighted by Gasteiger charge is -2.12. The first-order valence-electron chi connectivity index (χ1n) is 9.96. The first-order chi connectivity index (χ1) is 15.4. The third-order valence-corrected chi connectivity index (χ3v) is 6.34. The van der Waals surface area contributed by atoms with Gasteiger partial charge in [0.05, 0.1) is 16.9 Å². The maximum absolute atomic E-state index is 12.6. The Balaban J connectivity index is 1.43. The summed E-state index contributed by atoms with van der Waals surface area (Å²) in [6.45, 7) is 2.25. The van der Waals surface area contributed by atoms with Crippen LogP contribution in [0.4, 0.5) is 5.69 Å². The Morgan fingerprint density at radius 1 is 0.969 bits per heavy atom. The minimum Gasteiger partial charge on any atom is -0.348 e. The molecule has 0 spiro atoms. The SMILES string of the molecule is Cc1ccc(NS(=O)(=O)c2ccc(C(=O)NCc3ccccc3-n3ccnc3)cc2)cc1. The number of anilines is 1. The zero-order valence-electron chi connectivity index (χ0n) is 17.4. The predicted octanol–water partition coefficient (Wildman–Crippen LogP) is 3.91. The highest BCUT2D eigenvalue weighted by atomic mass is 32.2. The van der Waals surface area contributed by atoms with E-state index in [0.717, 1.165) is 16.8 Å². The minimum absolute atomic E-state index is 0.0834. The van der Waals surface area contributed by atoms with Crippen molar-refractivity contribution in [1.29, 1.82) is 0 Å². The first kappa shape index (κ1) is 21.3. The summed E-state index contributed by atoms with van der Waals surface area (Å²) in [4.78, 5) is 16.7. The van der Waals surface area contributed by atoms with E-state index in [9.17, 15) is 13.2 Å². The molecule has 0 aliphatic rings. The van der Waals surface area contributed by atoms with Gasteiger partial charge in [0.1, 0.15) is 0 Å². The lowest BCUT2D eigenvalue weighted by atomic mass is 10.1. The number of carbonyl (C=O) groups is 1. The second kappa shape index (κ2) is 9.07. The van der Waals surface area contributed by atoms with E-state index in [2.05, 4.69) is 15.0 Å². The lowest BCUT2D eigenvalue weighted by Crippen LogP contribution is -2.23. The average molecular weight is 447 g/mol. The molecule has 0 atom stereocenters. The summed E-state index contributed by atoms with van der Waals surface area (Å²) in [6.07, 6.45) is 5.23. The van der Waals surface area contributed by atoms with Gasteiger partial charge in [-0.1, -0.05) is 35.9 Å². The number of aromatic nitrogens is 2. The van der Waals surface area contributed by atoms with Gasteiger partial charge < -0.3 is 9.88 Å². The van der Waals surface area contributed by atoms with Gasteiger partial charge in [0, 0.05) is 30.2 Å². The van der Waals surface area contributed by atoms with E-state index in [-0.39, 0.29) is 10.8 Å². The van der Waals surface area contributed by atoms with Crippen LogP contribution in [0.15, 0.2) is 96.4 Å². The standard InChI is InChI=1S/C24H22N4O3S/c1-18-6-10-21(11-7-18)27-32(30,31)22-12-8-19(9-13-22)24(29)26-16-20-4-2-3-5-23(20)28-15-14-25-17-28/h2-15,17,27H,16H2,1H3,(H,26,29). The van der Waals surface area contributed by atoms with Crippen molar-refractivity contribution in [2.75, 3.05) is 4.72 Å². The molecule has 0 aliphatic carbocycles. The highest BCUT2D eigenvalue weighted by Gasteiger charge is 2.15. The van der Waals surface area contributed by atoms with Gasteiger partial charge in [-0.3, -0.25) is 9.52 Å². The minimum atomic E-state index is -3.75. The summed E-state index contributed by atoms with van der Waals surface area (Å²) < 4.78 is 29.6. The van der Waals surface area contributed by atoms with Crippen molar-refractivity contribution in [2.45, 2.75) is 18.4 Å². The Morgan fingerprint density at radius 2 is 1.69 bits per heavy atom. The molecular weight excluding hydrogens is 424 g/mol. The smallest absolute Gasteiger partial charge is 0.261 e. The Bertz CT molecular complexity index is 1310. The number of para-hydroxylation sites is 1. The van der Waals surface area contributed by atoms with E-state index in [0.29, 0.717) is 17.8 Å². The number of rotatable bonds is 7. The molecular formula is C24H22N4O3S. The number of hydrogen-bond acceptors (Lipinski definition) is 4. The number of benzene rings is 3. The van der Waals surface area contributed by atoms with E-state index >= 15 is 0 Å². The summed E-state index contributed by atoms with van der Waals surface area (Å²) in [5.41, 5.74) is 3.75. The largest absolute Gasteiger partial charge is 0.348 e. The van der Waals surface area contributed by atoms with Crippen LogP contribution in [0.2, 0.25) is 0 Å². The van der Waals surface area contributed by atoms with E-state index in [1.165, 1.54) is 24.3 Å². The van der Waals surface area contributed by atoms with Crippen LogP contribution in [0.3, 0.4) is 0 Å². The fourth-order valence-corrected chi connectivity index (χ4v) is 4.27. The van der Waals surface area contributed by atoms with Crippen LogP contribution in [-0.4, -0.2) is 23.9 Å². The van der Waals surface area contributed by atoms with Crippen LogP contribution < -0.4 is 10.0 Å². The van der Waals surface area contributed by atoms with Gasteiger partial charge in [-0.05, 0) is 55.0 Å². The third kappa shape index (κ3) is 4.87. The molecule has 4 rings (SSSR count). The quantitative estimate of drug-likeness (QED) is 0.450. The summed E-state index contributed by atoms with van der Waals surface area (Å²) in [6, 6.07) is 20.6. The van der Waals surface area contributed by atoms with E-state index in [1.807, 2.05) is 54.1 Å². The Kier molecular flexibility index (Phi) is 6.04. The number of sulfonamides is 1. The second-order valence-corrected chi connectivity index (χ2v) is 8.96. The van der Waals surface area contributed by atoms with Crippen LogP contribution in [0.5, 0.6) is 0 Å². The monoisotopic (exact) mass is 446 g/mol. The molecule has 0 fully saturated rings. The molecule has 0 saturated carbocycles. The van der Waals surface area contributed by atoms with Crippen LogP contribution in [0.25, 0.3) is 5.69 Å². The average Bonchev–Trinajstić information content (AvgIpc) is 3.34. The molecule has 162 valence electrons. The number of nitrogens with zero attached hydrogens (tertiary/aromatic N) is 2. The van der Waals surface area contributed by atoms with E-state index in [4.69, 9.17) is 0 Å². The normalized spacial score (nSPS) is 11.2. The van der Waals surface area contributed by atoms with Gasteiger partial charge in [0.2, 0.25) is 0 Å². The summed E-state index contributed by atoms with van der Waals surface area (Å²) >= 11 is 0. The summed E-state index contributed by atoms with van der Waals surface area (Å²) in [5, 5.41) is 2.88. The molecule has 32 heavy (non-hydrogen) atoms. The molecule has 0 radical (unpaired) electrons. The van der Waals surface area contributed by atoms with Crippen LogP contribution in [0.1, 0.15) is 21.5 Å². The number of imidazole rings is 1. The van der Waals surface area contributed by atoms with Crippen molar-refractivity contribution in [3.8, 4) is 5.69 Å². The van der Waals surface area contributed by atoms with Gasteiger partial charge in [-0.15, -0.1) is 0 Å². The maximum Gasteiger partial charge on any atom is 0.261 e. The van der Waals surface area contributed by atoms with Crippen LogP contribution in [0, 0.1) is 6.92 Å². The van der Waals surface area contributed by atoms with Gasteiger partial charge in [0.25, 0.3) is 15.9 Å². The Labute approximate surface area is 186 Å². The number of hydrogen-bond donors (Lipinski definition) is 2. The molecule has 0 bridgehead atoms. The molecule has 1 aromatic heterocycles. The topological polar surface area (TPSA) is 93.1 Å². The van der Waals surface area contributed by atoms with Gasteiger partial charge in [-0.25, -0.2) is 13.4 Å². The number of aryl methyl sites for hydroxylation is 1. The zero-order chi connectivity index (χ0) is 22.6.